The minimum Gasteiger partial charge on any atom is -0.451 e. The number of amides is 1. The zero-order chi connectivity index (χ0) is 20.7. The van der Waals surface area contributed by atoms with Gasteiger partial charge < -0.3 is 9.32 Å². The Morgan fingerprint density at radius 3 is 2.38 bits per heavy atom. The molecular formula is C22H18F3NO3. The molecule has 2 aromatic carbocycles. The normalized spacial score (nSPS) is 15.1. The van der Waals surface area contributed by atoms with Crippen molar-refractivity contribution >= 4 is 22.7 Å². The van der Waals surface area contributed by atoms with E-state index in [-0.39, 0.29) is 30.3 Å². The van der Waals surface area contributed by atoms with Crippen LogP contribution in [0.2, 0.25) is 0 Å². The molecule has 1 fully saturated rings. The van der Waals surface area contributed by atoms with Gasteiger partial charge in [-0.2, -0.15) is 0 Å². The number of piperidine rings is 1. The monoisotopic (exact) mass is 401 g/mol. The van der Waals surface area contributed by atoms with E-state index < -0.39 is 29.2 Å². The Morgan fingerprint density at radius 2 is 1.66 bits per heavy atom. The van der Waals surface area contributed by atoms with Gasteiger partial charge in [0.2, 0.25) is 0 Å². The number of benzene rings is 2. The maximum atomic E-state index is 13.9. The van der Waals surface area contributed by atoms with Crippen LogP contribution in [0.5, 0.6) is 0 Å². The Kier molecular flexibility index (Phi) is 4.90. The van der Waals surface area contributed by atoms with E-state index in [4.69, 9.17) is 4.42 Å². The number of Topliss-reactive ketones (excluding diaryl/α,β-unsaturated/α-hetero) is 1. The molecule has 7 heteroatoms. The van der Waals surface area contributed by atoms with Crippen molar-refractivity contribution in [3.05, 3.63) is 70.7 Å². The van der Waals surface area contributed by atoms with E-state index in [9.17, 15) is 22.8 Å². The molecule has 0 aliphatic carbocycles. The summed E-state index contributed by atoms with van der Waals surface area (Å²) < 4.78 is 46.4. The molecule has 0 N–H and O–H groups in total. The molecule has 1 aromatic heterocycles. The van der Waals surface area contributed by atoms with Gasteiger partial charge in [-0.3, -0.25) is 9.59 Å². The summed E-state index contributed by atoms with van der Waals surface area (Å²) >= 11 is 0. The minimum atomic E-state index is -0.750. The van der Waals surface area contributed by atoms with Crippen molar-refractivity contribution < 1.29 is 27.2 Å². The average Bonchev–Trinajstić information content (AvgIpc) is 3.05. The lowest BCUT2D eigenvalue weighted by molar-refractivity contribution is 0.0624. The van der Waals surface area contributed by atoms with Crippen LogP contribution in [-0.4, -0.2) is 29.7 Å². The van der Waals surface area contributed by atoms with E-state index in [1.54, 1.807) is 11.8 Å². The fourth-order valence-electron chi connectivity index (χ4n) is 3.79. The molecule has 0 radical (unpaired) electrons. The first-order chi connectivity index (χ1) is 13.8. The van der Waals surface area contributed by atoms with Crippen LogP contribution in [0.4, 0.5) is 13.2 Å². The number of carbonyl (C=O) groups excluding carboxylic acids is 2. The van der Waals surface area contributed by atoms with Gasteiger partial charge in [-0.25, -0.2) is 13.2 Å². The molecular weight excluding hydrogens is 383 g/mol. The zero-order valence-electron chi connectivity index (χ0n) is 15.7. The van der Waals surface area contributed by atoms with Gasteiger partial charge >= 0.3 is 0 Å². The van der Waals surface area contributed by atoms with E-state index in [0.717, 1.165) is 18.2 Å². The Morgan fingerprint density at radius 1 is 1.00 bits per heavy atom. The molecule has 0 spiro atoms. The number of likely N-dealkylation sites (tertiary alicyclic amines) is 1. The summed E-state index contributed by atoms with van der Waals surface area (Å²) in [5, 5.41) is 0.542. The molecule has 0 unspecified atom stereocenters. The zero-order valence-corrected chi connectivity index (χ0v) is 15.7. The van der Waals surface area contributed by atoms with Crippen LogP contribution in [0.3, 0.4) is 0 Å². The second kappa shape index (κ2) is 7.39. The number of rotatable bonds is 3. The van der Waals surface area contributed by atoms with Crippen LogP contribution in [0.25, 0.3) is 11.0 Å². The van der Waals surface area contributed by atoms with Gasteiger partial charge in [-0.15, -0.1) is 0 Å². The molecule has 4 nitrogen and oxygen atoms in total. The SMILES string of the molecule is Cc1c(C(=O)N2CCC(C(=O)c3cc(F)ccc3F)CC2)oc2ccc(F)cc12. The highest BCUT2D eigenvalue weighted by Crippen LogP contribution is 2.29. The van der Waals surface area contributed by atoms with Crippen LogP contribution in [-0.2, 0) is 0 Å². The Bertz CT molecular complexity index is 1110. The van der Waals surface area contributed by atoms with E-state index in [2.05, 4.69) is 0 Å². The van der Waals surface area contributed by atoms with Crippen molar-refractivity contribution in [1.29, 1.82) is 0 Å². The highest BCUT2D eigenvalue weighted by Gasteiger charge is 2.31. The molecule has 1 aliphatic heterocycles. The molecule has 0 saturated carbocycles. The van der Waals surface area contributed by atoms with E-state index in [0.29, 0.717) is 29.4 Å². The number of ketones is 1. The summed E-state index contributed by atoms with van der Waals surface area (Å²) in [6.07, 6.45) is 0.683. The molecule has 3 aromatic rings. The van der Waals surface area contributed by atoms with Gasteiger partial charge in [-0.05, 0) is 56.2 Å². The number of hydrogen-bond donors (Lipinski definition) is 0. The molecule has 4 rings (SSSR count). The second-order valence-corrected chi connectivity index (χ2v) is 7.25. The highest BCUT2D eigenvalue weighted by atomic mass is 19.1. The van der Waals surface area contributed by atoms with Crippen molar-refractivity contribution in [3.8, 4) is 0 Å². The largest absolute Gasteiger partial charge is 0.451 e. The molecule has 150 valence electrons. The van der Waals surface area contributed by atoms with Crippen LogP contribution < -0.4 is 0 Å². The average molecular weight is 401 g/mol. The number of hydrogen-bond acceptors (Lipinski definition) is 3. The van der Waals surface area contributed by atoms with Gasteiger partial charge in [0.15, 0.2) is 11.5 Å². The Balaban J connectivity index is 1.48. The molecule has 2 heterocycles. The first-order valence-electron chi connectivity index (χ1n) is 9.32. The first kappa shape index (κ1) is 19.2. The molecule has 1 saturated heterocycles. The maximum absolute atomic E-state index is 13.9. The topological polar surface area (TPSA) is 50.5 Å². The predicted molar refractivity (Wildman–Crippen MR) is 100 cm³/mol. The number of nitrogens with zero attached hydrogens (tertiary/aromatic N) is 1. The Hall–Kier alpha value is -3.09. The second-order valence-electron chi connectivity index (χ2n) is 7.25. The summed E-state index contributed by atoms with van der Waals surface area (Å²) in [5.74, 6) is -2.96. The highest BCUT2D eigenvalue weighted by molar-refractivity contribution is 6.00. The van der Waals surface area contributed by atoms with Gasteiger partial charge in [0.05, 0.1) is 5.56 Å². The van der Waals surface area contributed by atoms with E-state index >= 15 is 0 Å². The van der Waals surface area contributed by atoms with Crippen LogP contribution in [0.15, 0.2) is 40.8 Å². The summed E-state index contributed by atoms with van der Waals surface area (Å²) in [5.41, 5.74) is 0.730. The molecule has 0 atom stereocenters. The van der Waals surface area contributed by atoms with Crippen molar-refractivity contribution in [1.82, 2.24) is 4.90 Å². The fraction of sp³-hybridized carbons (Fsp3) is 0.273. The number of carbonyl (C=O) groups is 2. The fourth-order valence-corrected chi connectivity index (χ4v) is 3.79. The number of aryl methyl sites for hydroxylation is 1. The quantitative estimate of drug-likeness (QED) is 0.587. The number of halogens is 3. The summed E-state index contributed by atoms with van der Waals surface area (Å²) in [7, 11) is 0. The lowest BCUT2D eigenvalue weighted by Crippen LogP contribution is -2.40. The molecule has 1 amide bonds. The molecule has 29 heavy (non-hydrogen) atoms. The third-order valence-corrected chi connectivity index (χ3v) is 5.44. The van der Waals surface area contributed by atoms with Gasteiger partial charge in [-0.1, -0.05) is 0 Å². The summed E-state index contributed by atoms with van der Waals surface area (Å²) in [4.78, 5) is 27.0. The number of furan rings is 1. The van der Waals surface area contributed by atoms with E-state index in [1.165, 1.54) is 18.2 Å². The molecule has 0 bridgehead atoms. The van der Waals surface area contributed by atoms with Gasteiger partial charge in [0.25, 0.3) is 5.91 Å². The lowest BCUT2D eigenvalue weighted by Gasteiger charge is -2.31. The molecule has 1 aliphatic rings. The lowest BCUT2D eigenvalue weighted by atomic mass is 9.88. The van der Waals surface area contributed by atoms with Crippen LogP contribution in [0, 0.1) is 30.3 Å². The number of fused-ring (bicyclic) bond motifs is 1. The van der Waals surface area contributed by atoms with Crippen LogP contribution in [0.1, 0.15) is 39.3 Å². The minimum absolute atomic E-state index is 0.145. The van der Waals surface area contributed by atoms with Crippen molar-refractivity contribution in [3.63, 3.8) is 0 Å². The van der Waals surface area contributed by atoms with Crippen molar-refractivity contribution in [2.24, 2.45) is 5.92 Å². The van der Waals surface area contributed by atoms with E-state index in [1.807, 2.05) is 0 Å². The smallest absolute Gasteiger partial charge is 0.289 e. The maximum Gasteiger partial charge on any atom is 0.289 e. The van der Waals surface area contributed by atoms with Gasteiger partial charge in [0, 0.05) is 30.0 Å². The van der Waals surface area contributed by atoms with Gasteiger partial charge in [0.1, 0.15) is 23.0 Å². The third-order valence-electron chi connectivity index (χ3n) is 5.44. The third kappa shape index (κ3) is 3.52. The van der Waals surface area contributed by atoms with Crippen molar-refractivity contribution in [2.75, 3.05) is 13.1 Å². The standard InChI is InChI=1S/C22H18F3NO3/c1-12-16-10-15(24)3-5-19(16)29-21(12)22(28)26-8-6-13(7-9-26)20(27)17-11-14(23)2-4-18(17)25/h2-5,10-11,13H,6-9H2,1H3. The van der Waals surface area contributed by atoms with Crippen LogP contribution >= 0.6 is 0 Å². The summed E-state index contributed by atoms with van der Waals surface area (Å²) in [6.45, 7) is 2.27. The Labute approximate surface area is 164 Å². The first-order valence-corrected chi connectivity index (χ1v) is 9.32. The predicted octanol–water partition coefficient (Wildman–Crippen LogP) is 4.89. The van der Waals surface area contributed by atoms with Crippen molar-refractivity contribution in [2.45, 2.75) is 19.8 Å². The summed E-state index contributed by atoms with van der Waals surface area (Å²) in [6, 6.07) is 6.88.